The first-order chi connectivity index (χ1) is 9.11. The fraction of sp³-hybridized carbons (Fsp3) is 0.333. The van der Waals surface area contributed by atoms with E-state index in [1.54, 1.807) is 19.1 Å². The van der Waals surface area contributed by atoms with Gasteiger partial charge in [0.05, 0.1) is 4.92 Å². The zero-order chi connectivity index (χ0) is 13.8. The SMILES string of the molecule is Cc1ccc(-c2nnc(CCCN)s2)cc1[N+](=O)[O-]. The van der Waals surface area contributed by atoms with E-state index in [2.05, 4.69) is 10.2 Å². The molecule has 1 heterocycles. The largest absolute Gasteiger partial charge is 0.330 e. The number of rotatable bonds is 5. The zero-order valence-electron chi connectivity index (χ0n) is 10.5. The van der Waals surface area contributed by atoms with Crippen molar-refractivity contribution in [3.8, 4) is 10.6 Å². The van der Waals surface area contributed by atoms with E-state index in [1.807, 2.05) is 6.07 Å². The molecule has 0 aliphatic rings. The van der Waals surface area contributed by atoms with Gasteiger partial charge in [-0.2, -0.15) is 0 Å². The fourth-order valence-electron chi connectivity index (χ4n) is 1.66. The summed E-state index contributed by atoms with van der Waals surface area (Å²) in [4.78, 5) is 10.5. The van der Waals surface area contributed by atoms with Gasteiger partial charge in [-0.3, -0.25) is 10.1 Å². The molecule has 0 spiro atoms. The Labute approximate surface area is 114 Å². The van der Waals surface area contributed by atoms with Crippen molar-refractivity contribution in [2.75, 3.05) is 6.54 Å². The molecule has 2 aromatic rings. The Morgan fingerprint density at radius 3 is 2.89 bits per heavy atom. The standard InChI is InChI=1S/C12H14N4O2S/c1-8-4-5-9(7-10(8)16(17)18)12-15-14-11(19-12)3-2-6-13/h4-5,7H,2-3,6,13H2,1H3. The Morgan fingerprint density at radius 1 is 1.42 bits per heavy atom. The predicted octanol–water partition coefficient (Wildman–Crippen LogP) is 2.31. The van der Waals surface area contributed by atoms with E-state index in [9.17, 15) is 10.1 Å². The van der Waals surface area contributed by atoms with Gasteiger partial charge in [-0.1, -0.05) is 23.5 Å². The van der Waals surface area contributed by atoms with E-state index < -0.39 is 0 Å². The van der Waals surface area contributed by atoms with Crippen molar-refractivity contribution in [2.45, 2.75) is 19.8 Å². The maximum Gasteiger partial charge on any atom is 0.273 e. The molecule has 7 heteroatoms. The molecular weight excluding hydrogens is 264 g/mol. The monoisotopic (exact) mass is 278 g/mol. The number of hydrogen-bond acceptors (Lipinski definition) is 6. The van der Waals surface area contributed by atoms with E-state index in [0.29, 0.717) is 17.1 Å². The third-order valence-electron chi connectivity index (χ3n) is 2.71. The molecule has 19 heavy (non-hydrogen) atoms. The van der Waals surface area contributed by atoms with Crippen LogP contribution in [0.5, 0.6) is 0 Å². The van der Waals surface area contributed by atoms with E-state index in [0.717, 1.165) is 23.4 Å². The van der Waals surface area contributed by atoms with Crippen molar-refractivity contribution in [3.05, 3.63) is 38.9 Å². The highest BCUT2D eigenvalue weighted by Crippen LogP contribution is 2.29. The molecule has 0 aliphatic carbocycles. The van der Waals surface area contributed by atoms with Crippen LogP contribution in [0.3, 0.4) is 0 Å². The normalized spacial score (nSPS) is 10.6. The van der Waals surface area contributed by atoms with Crippen LogP contribution in [0, 0.1) is 17.0 Å². The van der Waals surface area contributed by atoms with Crippen molar-refractivity contribution >= 4 is 17.0 Å². The zero-order valence-corrected chi connectivity index (χ0v) is 11.3. The van der Waals surface area contributed by atoms with Crippen molar-refractivity contribution in [3.63, 3.8) is 0 Å². The summed E-state index contributed by atoms with van der Waals surface area (Å²) < 4.78 is 0. The summed E-state index contributed by atoms with van der Waals surface area (Å²) in [6.45, 7) is 2.33. The average Bonchev–Trinajstić information content (AvgIpc) is 2.85. The highest BCUT2D eigenvalue weighted by Gasteiger charge is 2.14. The van der Waals surface area contributed by atoms with Gasteiger partial charge >= 0.3 is 0 Å². The topological polar surface area (TPSA) is 94.9 Å². The Morgan fingerprint density at radius 2 is 2.21 bits per heavy atom. The number of aromatic nitrogens is 2. The van der Waals surface area contributed by atoms with Crippen molar-refractivity contribution < 1.29 is 4.92 Å². The van der Waals surface area contributed by atoms with E-state index >= 15 is 0 Å². The molecule has 0 aliphatic heterocycles. The van der Waals surface area contributed by atoms with Gasteiger partial charge in [0, 0.05) is 23.6 Å². The summed E-state index contributed by atoms with van der Waals surface area (Å²) >= 11 is 1.45. The Bertz CT molecular complexity index is 597. The van der Waals surface area contributed by atoms with Gasteiger partial charge < -0.3 is 5.73 Å². The molecule has 1 aromatic heterocycles. The van der Waals surface area contributed by atoms with Gasteiger partial charge in [-0.15, -0.1) is 10.2 Å². The first-order valence-corrected chi connectivity index (χ1v) is 6.71. The molecule has 0 unspecified atom stereocenters. The molecule has 1 aromatic carbocycles. The molecule has 0 bridgehead atoms. The Hall–Kier alpha value is -1.86. The Kier molecular flexibility index (Phi) is 4.18. The highest BCUT2D eigenvalue weighted by molar-refractivity contribution is 7.14. The molecule has 0 saturated heterocycles. The summed E-state index contributed by atoms with van der Waals surface area (Å²) in [6.07, 6.45) is 1.66. The first-order valence-electron chi connectivity index (χ1n) is 5.89. The highest BCUT2D eigenvalue weighted by atomic mass is 32.1. The lowest BCUT2D eigenvalue weighted by atomic mass is 10.1. The van der Waals surface area contributed by atoms with Gasteiger partial charge in [-0.25, -0.2) is 0 Å². The lowest BCUT2D eigenvalue weighted by molar-refractivity contribution is -0.385. The van der Waals surface area contributed by atoms with Crippen LogP contribution in [-0.4, -0.2) is 21.7 Å². The van der Waals surface area contributed by atoms with Crippen molar-refractivity contribution in [1.82, 2.24) is 10.2 Å². The number of aryl methyl sites for hydroxylation is 2. The second kappa shape index (κ2) is 5.85. The molecule has 0 fully saturated rings. The van der Waals surface area contributed by atoms with E-state index in [4.69, 9.17) is 5.73 Å². The number of nitro groups is 1. The molecule has 100 valence electrons. The van der Waals surface area contributed by atoms with Crippen LogP contribution in [0.1, 0.15) is 17.0 Å². The number of nitrogens with zero attached hydrogens (tertiary/aromatic N) is 3. The quantitative estimate of drug-likeness (QED) is 0.669. The number of nitro benzene ring substituents is 1. The molecular formula is C12H14N4O2S. The Balaban J connectivity index is 2.29. The molecule has 0 amide bonds. The number of benzene rings is 1. The average molecular weight is 278 g/mol. The first kappa shape index (κ1) is 13.6. The minimum Gasteiger partial charge on any atom is -0.330 e. The molecule has 0 saturated carbocycles. The predicted molar refractivity (Wildman–Crippen MR) is 74.1 cm³/mol. The van der Waals surface area contributed by atoms with Gasteiger partial charge in [0.15, 0.2) is 0 Å². The summed E-state index contributed by atoms with van der Waals surface area (Å²) in [5, 5.41) is 20.7. The third kappa shape index (κ3) is 3.12. The lowest BCUT2D eigenvalue weighted by Crippen LogP contribution is -1.99. The van der Waals surface area contributed by atoms with Gasteiger partial charge in [0.25, 0.3) is 5.69 Å². The second-order valence-electron chi connectivity index (χ2n) is 4.15. The minimum absolute atomic E-state index is 0.108. The molecule has 2 N–H and O–H groups in total. The van der Waals surface area contributed by atoms with Crippen LogP contribution in [0.15, 0.2) is 18.2 Å². The summed E-state index contributed by atoms with van der Waals surface area (Å²) in [7, 11) is 0. The maximum absolute atomic E-state index is 10.9. The smallest absolute Gasteiger partial charge is 0.273 e. The van der Waals surface area contributed by atoms with Crippen LogP contribution in [0.2, 0.25) is 0 Å². The molecule has 6 nitrogen and oxygen atoms in total. The van der Waals surface area contributed by atoms with Gasteiger partial charge in [0.2, 0.25) is 0 Å². The third-order valence-corrected chi connectivity index (χ3v) is 3.75. The van der Waals surface area contributed by atoms with Crippen LogP contribution in [-0.2, 0) is 6.42 Å². The number of nitrogens with two attached hydrogens (primary N) is 1. The minimum atomic E-state index is -0.380. The fourth-order valence-corrected chi connectivity index (χ4v) is 2.54. The van der Waals surface area contributed by atoms with Crippen LogP contribution in [0.25, 0.3) is 10.6 Å². The maximum atomic E-state index is 10.9. The second-order valence-corrected chi connectivity index (χ2v) is 5.21. The summed E-state index contributed by atoms with van der Waals surface area (Å²) in [5.41, 5.74) is 6.92. The molecule has 0 radical (unpaired) electrons. The molecule has 0 atom stereocenters. The molecule has 2 rings (SSSR count). The summed E-state index contributed by atoms with van der Waals surface area (Å²) in [5.74, 6) is 0. The van der Waals surface area contributed by atoms with Crippen LogP contribution in [0.4, 0.5) is 5.69 Å². The van der Waals surface area contributed by atoms with Crippen LogP contribution < -0.4 is 5.73 Å². The lowest BCUT2D eigenvalue weighted by Gasteiger charge is -1.99. The van der Waals surface area contributed by atoms with E-state index in [1.165, 1.54) is 11.3 Å². The van der Waals surface area contributed by atoms with E-state index in [-0.39, 0.29) is 10.6 Å². The summed E-state index contributed by atoms with van der Waals surface area (Å²) in [6, 6.07) is 5.10. The van der Waals surface area contributed by atoms with Gasteiger partial charge in [0.1, 0.15) is 10.0 Å². The number of hydrogen-bond donors (Lipinski definition) is 1. The van der Waals surface area contributed by atoms with Crippen LogP contribution >= 0.6 is 11.3 Å². The van der Waals surface area contributed by atoms with Gasteiger partial charge in [-0.05, 0) is 19.9 Å². The van der Waals surface area contributed by atoms with Crippen molar-refractivity contribution in [2.24, 2.45) is 5.73 Å². The van der Waals surface area contributed by atoms with Crippen molar-refractivity contribution in [1.29, 1.82) is 0 Å².